The van der Waals surface area contributed by atoms with E-state index in [0.717, 1.165) is 0 Å². The Kier molecular flexibility index (Phi) is 10.4. The molecule has 0 nitrogen and oxygen atoms in total. The van der Waals surface area contributed by atoms with Crippen LogP contribution < -0.4 is 0 Å². The van der Waals surface area contributed by atoms with Crippen LogP contribution in [-0.4, -0.2) is 0 Å². The first-order valence-corrected chi connectivity index (χ1v) is 24.1. The summed E-state index contributed by atoms with van der Waals surface area (Å²) < 4.78 is 0. The Hall–Kier alpha value is -7.88. The molecule has 2 heterocycles. The van der Waals surface area contributed by atoms with Gasteiger partial charge in [0.1, 0.15) is 0 Å². The number of hydrogen-bond donors (Lipinski definition) is 0. The van der Waals surface area contributed by atoms with Gasteiger partial charge in [-0.1, -0.05) is 200 Å². The molecule has 0 aliphatic rings. The zero-order valence-electron chi connectivity index (χ0n) is 36.1. The van der Waals surface area contributed by atoms with Gasteiger partial charge in [0.25, 0.3) is 0 Å². The van der Waals surface area contributed by atoms with Crippen molar-refractivity contribution < 1.29 is 0 Å². The van der Waals surface area contributed by atoms with Gasteiger partial charge in [0.2, 0.25) is 0 Å². The second-order valence-electron chi connectivity index (χ2n) is 16.8. The van der Waals surface area contributed by atoms with Crippen LogP contribution in [-0.2, 0) is 0 Å². The van der Waals surface area contributed by atoms with Crippen LogP contribution in [0.2, 0.25) is 0 Å². The molecule has 0 unspecified atom stereocenters. The summed E-state index contributed by atoms with van der Waals surface area (Å²) in [6, 6.07) is 89.0. The van der Waals surface area contributed by atoms with Gasteiger partial charge in [-0.25, -0.2) is 0 Å². The molecular formula is C64H42S2. The molecule has 0 aliphatic heterocycles. The third-order valence-electron chi connectivity index (χ3n) is 12.7. The van der Waals surface area contributed by atoms with E-state index in [2.05, 4.69) is 255 Å². The van der Waals surface area contributed by atoms with Crippen molar-refractivity contribution in [2.24, 2.45) is 0 Å². The van der Waals surface area contributed by atoms with Gasteiger partial charge in [0, 0.05) is 19.5 Å². The number of thiophene rings is 2. The molecule has 310 valence electrons. The second kappa shape index (κ2) is 17.3. The molecule has 0 amide bonds. The Bertz CT molecular complexity index is 3750. The van der Waals surface area contributed by atoms with E-state index in [1.54, 1.807) is 0 Å². The molecule has 0 fully saturated rings. The summed E-state index contributed by atoms with van der Waals surface area (Å²) >= 11 is 3.70. The average Bonchev–Trinajstić information content (AvgIpc) is 4.10. The van der Waals surface area contributed by atoms with Crippen LogP contribution >= 0.6 is 22.7 Å². The minimum atomic E-state index is 1.17. The van der Waals surface area contributed by atoms with Crippen molar-refractivity contribution in [1.82, 2.24) is 0 Å². The van der Waals surface area contributed by atoms with E-state index in [0.29, 0.717) is 0 Å². The average molecular weight is 875 g/mol. The van der Waals surface area contributed by atoms with Crippen molar-refractivity contribution in [1.29, 1.82) is 0 Å². The fourth-order valence-corrected chi connectivity index (χ4v) is 11.5. The Morgan fingerprint density at radius 3 is 1.29 bits per heavy atom. The summed E-state index contributed by atoms with van der Waals surface area (Å²) in [7, 11) is 0. The number of benzene rings is 10. The third-order valence-corrected chi connectivity index (χ3v) is 15.1. The topological polar surface area (TPSA) is 0 Å². The predicted octanol–water partition coefficient (Wildman–Crippen LogP) is 19.1. The van der Waals surface area contributed by atoms with Gasteiger partial charge in [0.05, 0.1) is 0 Å². The lowest BCUT2D eigenvalue weighted by Gasteiger charge is -2.19. The fourth-order valence-electron chi connectivity index (χ4n) is 9.46. The number of rotatable bonds is 9. The van der Waals surface area contributed by atoms with E-state index in [9.17, 15) is 0 Å². The largest absolute Gasteiger partial charge is 0.135 e. The van der Waals surface area contributed by atoms with Gasteiger partial charge in [-0.2, -0.15) is 0 Å². The molecule has 12 rings (SSSR count). The van der Waals surface area contributed by atoms with Crippen LogP contribution in [0.1, 0.15) is 11.1 Å². The fraction of sp³-hybridized carbons (Fsp3) is 0. The van der Waals surface area contributed by atoms with E-state index in [1.807, 2.05) is 22.7 Å². The van der Waals surface area contributed by atoms with Crippen molar-refractivity contribution in [3.63, 3.8) is 0 Å². The van der Waals surface area contributed by atoms with Crippen LogP contribution in [0.15, 0.2) is 243 Å². The minimum absolute atomic E-state index is 1.17. The van der Waals surface area contributed by atoms with Gasteiger partial charge in [-0.05, 0) is 154 Å². The summed E-state index contributed by atoms with van der Waals surface area (Å²) in [5.41, 5.74) is 14.6. The van der Waals surface area contributed by atoms with E-state index in [-0.39, 0.29) is 0 Å². The maximum Gasteiger partial charge on any atom is 0.0349 e. The first kappa shape index (κ1) is 39.7. The van der Waals surface area contributed by atoms with Crippen molar-refractivity contribution in [2.75, 3.05) is 0 Å². The Balaban J connectivity index is 1.01. The lowest BCUT2D eigenvalue weighted by Crippen LogP contribution is -1.92. The smallest absolute Gasteiger partial charge is 0.0349 e. The molecule has 0 saturated heterocycles. The lowest BCUT2D eigenvalue weighted by molar-refractivity contribution is 1.61. The molecule has 10 aromatic carbocycles. The zero-order valence-corrected chi connectivity index (χ0v) is 37.7. The standard InChI is InChI=1S/C64H42S2/c1-3-16-46(17-4-1)59-34-36-61(65-59)51-22-12-24-53(40-51)63-55-26-9-10-27-56(55)64(54-25-13-23-52(41-54)62-37-35-60(66-62)47-18-5-2-6-19-47)58-42-50(32-33-57(58)63)49-21-11-14-43(38-49)28-29-44-30-31-45-15-7-8-20-48(45)39-44/h1-42H. The SMILES string of the molecule is C(=Cc1ccc2ccccc2c1)c1cccc(-c2ccc3c(-c4cccc(-c5ccc(-c6ccccc6)s5)c4)c4ccccc4c(-c4cccc(-c5ccc(-c6ccccc6)s5)c4)c3c2)c1. The predicted molar refractivity (Wildman–Crippen MR) is 288 cm³/mol. The molecule has 0 atom stereocenters. The molecular weight excluding hydrogens is 833 g/mol. The first-order chi connectivity index (χ1) is 32.7. The Labute approximate surface area is 393 Å². The van der Waals surface area contributed by atoms with Crippen LogP contribution in [0.4, 0.5) is 0 Å². The summed E-state index contributed by atoms with van der Waals surface area (Å²) in [4.78, 5) is 5.07. The normalized spacial score (nSPS) is 11.6. The van der Waals surface area contributed by atoms with Crippen LogP contribution in [0.25, 0.3) is 120 Å². The van der Waals surface area contributed by atoms with E-state index in [4.69, 9.17) is 0 Å². The molecule has 0 spiro atoms. The van der Waals surface area contributed by atoms with Crippen molar-refractivity contribution in [3.8, 4) is 75.1 Å². The van der Waals surface area contributed by atoms with E-state index in [1.165, 1.54) is 119 Å². The van der Waals surface area contributed by atoms with Gasteiger partial charge in [-0.15, -0.1) is 22.7 Å². The van der Waals surface area contributed by atoms with Gasteiger partial charge < -0.3 is 0 Å². The summed E-state index contributed by atoms with van der Waals surface area (Å²) in [6.07, 6.45) is 4.45. The maximum absolute atomic E-state index is 2.44. The number of hydrogen-bond acceptors (Lipinski definition) is 2. The third kappa shape index (κ3) is 7.67. The van der Waals surface area contributed by atoms with Crippen LogP contribution in [0, 0.1) is 0 Å². The highest BCUT2D eigenvalue weighted by atomic mass is 32.1. The Morgan fingerprint density at radius 1 is 0.227 bits per heavy atom. The molecule has 2 aromatic heterocycles. The second-order valence-corrected chi connectivity index (χ2v) is 19.0. The molecule has 0 bridgehead atoms. The van der Waals surface area contributed by atoms with E-state index < -0.39 is 0 Å². The van der Waals surface area contributed by atoms with Gasteiger partial charge >= 0.3 is 0 Å². The highest BCUT2D eigenvalue weighted by Crippen LogP contribution is 2.47. The van der Waals surface area contributed by atoms with Gasteiger partial charge in [0.15, 0.2) is 0 Å². The monoisotopic (exact) mass is 874 g/mol. The molecule has 0 radical (unpaired) electrons. The first-order valence-electron chi connectivity index (χ1n) is 22.5. The molecule has 0 N–H and O–H groups in total. The van der Waals surface area contributed by atoms with E-state index >= 15 is 0 Å². The van der Waals surface area contributed by atoms with Crippen molar-refractivity contribution in [2.45, 2.75) is 0 Å². The molecule has 12 aromatic rings. The maximum atomic E-state index is 2.44. The summed E-state index contributed by atoms with van der Waals surface area (Å²) in [5, 5.41) is 7.47. The van der Waals surface area contributed by atoms with Crippen LogP contribution in [0.3, 0.4) is 0 Å². The number of fused-ring (bicyclic) bond motifs is 3. The summed E-state index contributed by atoms with van der Waals surface area (Å²) in [6.45, 7) is 0. The molecule has 0 saturated carbocycles. The Morgan fingerprint density at radius 2 is 0.667 bits per heavy atom. The zero-order chi connectivity index (χ0) is 43.8. The molecule has 0 aliphatic carbocycles. The lowest BCUT2D eigenvalue weighted by atomic mass is 9.84. The molecule has 66 heavy (non-hydrogen) atoms. The quantitative estimate of drug-likeness (QED) is 0.100. The van der Waals surface area contributed by atoms with Crippen molar-refractivity contribution in [3.05, 3.63) is 254 Å². The van der Waals surface area contributed by atoms with Gasteiger partial charge in [-0.3, -0.25) is 0 Å². The van der Waals surface area contributed by atoms with Crippen LogP contribution in [0.5, 0.6) is 0 Å². The minimum Gasteiger partial charge on any atom is -0.135 e. The molecule has 2 heteroatoms. The highest BCUT2D eigenvalue weighted by molar-refractivity contribution is 7.19. The van der Waals surface area contributed by atoms with Crippen molar-refractivity contribution >= 4 is 67.1 Å². The highest BCUT2D eigenvalue weighted by Gasteiger charge is 2.19. The summed E-state index contributed by atoms with van der Waals surface area (Å²) in [5.74, 6) is 0.